The van der Waals surface area contributed by atoms with Crippen LogP contribution in [0.2, 0.25) is 0 Å². The van der Waals surface area contributed by atoms with E-state index in [-0.39, 0.29) is 0 Å². The van der Waals surface area contributed by atoms with Crippen molar-refractivity contribution in [2.75, 3.05) is 13.1 Å². The molecule has 0 spiro atoms. The molecule has 0 saturated carbocycles. The lowest BCUT2D eigenvalue weighted by Crippen LogP contribution is -2.11. The molecule has 0 atom stereocenters. The minimum Gasteiger partial charge on any atom is -0.314 e. The molecule has 50 valence electrons. The summed E-state index contributed by atoms with van der Waals surface area (Å²) in [7, 11) is 0. The van der Waals surface area contributed by atoms with E-state index in [9.17, 15) is 0 Å². The molecule has 0 saturated heterocycles. The fourth-order valence-corrected chi connectivity index (χ4v) is 0.429. The van der Waals surface area contributed by atoms with Gasteiger partial charge in [-0.3, -0.25) is 0 Å². The Balaban J connectivity index is 3.35. The highest BCUT2D eigenvalue weighted by atomic mass is 14.8. The first kappa shape index (κ1) is 8.26. The maximum Gasteiger partial charge on any atom is 0.0146 e. The summed E-state index contributed by atoms with van der Waals surface area (Å²) >= 11 is 0. The van der Waals surface area contributed by atoms with E-state index in [1.54, 1.807) is 0 Å². The van der Waals surface area contributed by atoms with Crippen molar-refractivity contribution in [3.63, 3.8) is 0 Å². The van der Waals surface area contributed by atoms with Gasteiger partial charge in [-0.1, -0.05) is 18.9 Å². The van der Waals surface area contributed by atoms with Gasteiger partial charge < -0.3 is 5.32 Å². The van der Waals surface area contributed by atoms with E-state index in [1.807, 2.05) is 13.0 Å². The molecule has 0 radical (unpaired) electrons. The molecule has 0 unspecified atom stereocenters. The van der Waals surface area contributed by atoms with Gasteiger partial charge in [-0.05, 0) is 19.0 Å². The van der Waals surface area contributed by atoms with E-state index in [4.69, 9.17) is 6.42 Å². The first-order valence-corrected chi connectivity index (χ1v) is 3.15. The van der Waals surface area contributed by atoms with E-state index < -0.39 is 0 Å². The van der Waals surface area contributed by atoms with Crippen molar-refractivity contribution in [1.82, 2.24) is 5.32 Å². The fraction of sp³-hybridized carbons (Fsp3) is 0.500. The second kappa shape index (κ2) is 5.40. The summed E-state index contributed by atoms with van der Waals surface area (Å²) in [4.78, 5) is 0. The smallest absolute Gasteiger partial charge is 0.0146 e. The number of likely N-dealkylation sites (N-methyl/N-ethyl adjacent to an activating group) is 1. The van der Waals surface area contributed by atoms with Gasteiger partial charge in [-0.15, -0.1) is 6.42 Å². The number of terminal acetylenes is 1. The monoisotopic (exact) mass is 123 g/mol. The minimum atomic E-state index is 0.881. The van der Waals surface area contributed by atoms with Crippen LogP contribution in [0.1, 0.15) is 13.8 Å². The second-order valence-electron chi connectivity index (χ2n) is 1.84. The van der Waals surface area contributed by atoms with Crippen LogP contribution in [0.15, 0.2) is 11.6 Å². The van der Waals surface area contributed by atoms with Gasteiger partial charge >= 0.3 is 0 Å². The van der Waals surface area contributed by atoms with Crippen LogP contribution in [0.5, 0.6) is 0 Å². The predicted molar refractivity (Wildman–Crippen MR) is 41.1 cm³/mol. The number of rotatable bonds is 3. The summed E-state index contributed by atoms with van der Waals surface area (Å²) in [5.41, 5.74) is 0.996. The molecule has 0 aliphatic heterocycles. The quantitative estimate of drug-likeness (QED) is 0.439. The lowest BCUT2D eigenvalue weighted by molar-refractivity contribution is 0.797. The molecule has 1 heteroatoms. The molecule has 0 heterocycles. The molecule has 0 aliphatic carbocycles. The third kappa shape index (κ3) is 5.13. The molecule has 9 heavy (non-hydrogen) atoms. The average molecular weight is 123 g/mol. The van der Waals surface area contributed by atoms with Crippen LogP contribution in [-0.4, -0.2) is 13.1 Å². The van der Waals surface area contributed by atoms with Crippen molar-refractivity contribution in [3.8, 4) is 12.3 Å². The predicted octanol–water partition coefficient (Wildman–Crippen LogP) is 1.18. The van der Waals surface area contributed by atoms with Gasteiger partial charge in [-0.2, -0.15) is 0 Å². The van der Waals surface area contributed by atoms with Crippen LogP contribution in [-0.2, 0) is 0 Å². The van der Waals surface area contributed by atoms with Crippen molar-refractivity contribution in [1.29, 1.82) is 0 Å². The zero-order valence-corrected chi connectivity index (χ0v) is 6.07. The third-order valence-corrected chi connectivity index (χ3v) is 1.03. The highest BCUT2D eigenvalue weighted by Gasteiger charge is 1.78. The van der Waals surface area contributed by atoms with Crippen molar-refractivity contribution in [2.45, 2.75) is 13.8 Å². The SMILES string of the molecule is C#C/C(C)=C/CNCC. The van der Waals surface area contributed by atoms with Crippen LogP contribution in [0, 0.1) is 12.3 Å². The summed E-state index contributed by atoms with van der Waals surface area (Å²) < 4.78 is 0. The van der Waals surface area contributed by atoms with Crippen LogP contribution in [0.3, 0.4) is 0 Å². The van der Waals surface area contributed by atoms with E-state index in [0.717, 1.165) is 18.7 Å². The van der Waals surface area contributed by atoms with Crippen LogP contribution >= 0.6 is 0 Å². The zero-order chi connectivity index (χ0) is 7.11. The van der Waals surface area contributed by atoms with Gasteiger partial charge in [0.2, 0.25) is 0 Å². The first-order valence-electron chi connectivity index (χ1n) is 3.15. The van der Waals surface area contributed by atoms with Crippen molar-refractivity contribution < 1.29 is 0 Å². The van der Waals surface area contributed by atoms with Crippen molar-refractivity contribution in [2.24, 2.45) is 0 Å². The standard InChI is InChI=1S/C8H13N/c1-4-8(3)6-7-9-5-2/h1,6,9H,5,7H2,2-3H3/b8-6+. The molecule has 0 aromatic heterocycles. The first-order chi connectivity index (χ1) is 4.31. The van der Waals surface area contributed by atoms with Crippen LogP contribution < -0.4 is 5.32 Å². The molecule has 0 fully saturated rings. The number of hydrogen-bond acceptors (Lipinski definition) is 1. The topological polar surface area (TPSA) is 12.0 Å². The molecule has 0 rings (SSSR count). The Labute approximate surface area is 57.2 Å². The van der Waals surface area contributed by atoms with E-state index >= 15 is 0 Å². The number of allylic oxidation sites excluding steroid dienone is 1. The summed E-state index contributed by atoms with van der Waals surface area (Å²) in [6.45, 7) is 5.87. The van der Waals surface area contributed by atoms with Gasteiger partial charge in [-0.25, -0.2) is 0 Å². The molecule has 1 nitrogen and oxygen atoms in total. The van der Waals surface area contributed by atoms with Gasteiger partial charge in [0.05, 0.1) is 0 Å². The lowest BCUT2D eigenvalue weighted by atomic mass is 10.3. The number of nitrogens with one attached hydrogen (secondary N) is 1. The van der Waals surface area contributed by atoms with Crippen molar-refractivity contribution in [3.05, 3.63) is 11.6 Å². The molecule has 1 N–H and O–H groups in total. The normalized spacial score (nSPS) is 11.0. The van der Waals surface area contributed by atoms with E-state index in [2.05, 4.69) is 18.2 Å². The Bertz CT molecular complexity index is 128. The minimum absolute atomic E-state index is 0.881. The third-order valence-electron chi connectivity index (χ3n) is 1.03. The highest BCUT2D eigenvalue weighted by Crippen LogP contribution is 1.84. The fourth-order valence-electron chi connectivity index (χ4n) is 0.429. The van der Waals surface area contributed by atoms with Crippen molar-refractivity contribution >= 4 is 0 Å². The maximum absolute atomic E-state index is 5.11. The Morgan fingerprint density at radius 1 is 1.78 bits per heavy atom. The Morgan fingerprint density at radius 2 is 2.44 bits per heavy atom. The van der Waals surface area contributed by atoms with E-state index in [1.165, 1.54) is 0 Å². The van der Waals surface area contributed by atoms with Gasteiger partial charge in [0, 0.05) is 6.54 Å². The molecular formula is C8H13N. The molecule has 0 bridgehead atoms. The zero-order valence-electron chi connectivity index (χ0n) is 6.07. The molecule has 0 amide bonds. The molecule has 0 aromatic carbocycles. The van der Waals surface area contributed by atoms with Gasteiger partial charge in [0.15, 0.2) is 0 Å². The highest BCUT2D eigenvalue weighted by molar-refractivity contribution is 5.22. The Kier molecular flexibility index (Phi) is 4.95. The Morgan fingerprint density at radius 3 is 2.89 bits per heavy atom. The summed E-state index contributed by atoms with van der Waals surface area (Å²) in [6, 6.07) is 0. The maximum atomic E-state index is 5.11. The Hall–Kier alpha value is -0.740. The average Bonchev–Trinajstić information content (AvgIpc) is 1.89. The summed E-state index contributed by atoms with van der Waals surface area (Å²) in [6.07, 6.45) is 7.11. The molecule has 0 aliphatic rings. The van der Waals surface area contributed by atoms with Gasteiger partial charge in [0.25, 0.3) is 0 Å². The van der Waals surface area contributed by atoms with Crippen LogP contribution in [0.4, 0.5) is 0 Å². The molecule has 0 aromatic rings. The summed E-state index contributed by atoms with van der Waals surface area (Å²) in [5.74, 6) is 2.54. The lowest BCUT2D eigenvalue weighted by Gasteiger charge is -1.92. The summed E-state index contributed by atoms with van der Waals surface area (Å²) in [5, 5.41) is 3.14. The largest absolute Gasteiger partial charge is 0.314 e. The number of hydrogen-bond donors (Lipinski definition) is 1. The molecular weight excluding hydrogens is 110 g/mol. The van der Waals surface area contributed by atoms with Crippen LogP contribution in [0.25, 0.3) is 0 Å². The second-order valence-corrected chi connectivity index (χ2v) is 1.84. The van der Waals surface area contributed by atoms with Gasteiger partial charge in [0.1, 0.15) is 0 Å². The van der Waals surface area contributed by atoms with E-state index in [0.29, 0.717) is 0 Å².